The fourth-order valence-corrected chi connectivity index (χ4v) is 1.16. The highest BCUT2D eigenvalue weighted by molar-refractivity contribution is 5.76. The first kappa shape index (κ1) is 10.1. The lowest BCUT2D eigenvalue weighted by molar-refractivity contribution is -0.105. The SMILES string of the molecule is N#CCCc1cccc(NC=O)c1O. The highest BCUT2D eigenvalue weighted by Crippen LogP contribution is 2.27. The summed E-state index contributed by atoms with van der Waals surface area (Å²) in [5.74, 6) is 0.0369. The first-order chi connectivity index (χ1) is 6.79. The summed E-state index contributed by atoms with van der Waals surface area (Å²) in [6.45, 7) is 0. The normalized spacial score (nSPS) is 9.07. The minimum absolute atomic E-state index is 0.0369. The summed E-state index contributed by atoms with van der Waals surface area (Å²) in [5, 5.41) is 20.4. The molecule has 0 radical (unpaired) electrons. The van der Waals surface area contributed by atoms with Crippen LogP contribution >= 0.6 is 0 Å². The number of nitrogens with one attached hydrogen (secondary N) is 1. The largest absolute Gasteiger partial charge is 0.505 e. The predicted octanol–water partition coefficient (Wildman–Crippen LogP) is 1.42. The molecule has 0 unspecified atom stereocenters. The Morgan fingerprint density at radius 2 is 2.36 bits per heavy atom. The van der Waals surface area contributed by atoms with Crippen LogP contribution in [0.2, 0.25) is 0 Å². The Bertz CT molecular complexity index is 369. The number of para-hydroxylation sites is 1. The molecule has 0 heterocycles. The molecule has 14 heavy (non-hydrogen) atoms. The van der Waals surface area contributed by atoms with E-state index >= 15 is 0 Å². The molecule has 4 nitrogen and oxygen atoms in total. The van der Waals surface area contributed by atoms with Gasteiger partial charge in [-0.3, -0.25) is 4.79 Å². The van der Waals surface area contributed by atoms with Crippen LogP contribution in [-0.2, 0) is 11.2 Å². The Morgan fingerprint density at radius 3 is 3.00 bits per heavy atom. The van der Waals surface area contributed by atoms with Crippen LogP contribution in [-0.4, -0.2) is 11.5 Å². The molecule has 1 aromatic rings. The van der Waals surface area contributed by atoms with Crippen LogP contribution in [0.25, 0.3) is 0 Å². The molecule has 0 aliphatic carbocycles. The van der Waals surface area contributed by atoms with Crippen LogP contribution in [0.1, 0.15) is 12.0 Å². The lowest BCUT2D eigenvalue weighted by Gasteiger charge is -2.06. The van der Waals surface area contributed by atoms with Crippen molar-refractivity contribution in [3.63, 3.8) is 0 Å². The highest BCUT2D eigenvalue weighted by atomic mass is 16.3. The number of hydrogen-bond acceptors (Lipinski definition) is 3. The quantitative estimate of drug-likeness (QED) is 0.557. The van der Waals surface area contributed by atoms with Gasteiger partial charge in [0.15, 0.2) is 0 Å². The molecule has 2 N–H and O–H groups in total. The minimum Gasteiger partial charge on any atom is -0.505 e. The lowest BCUT2D eigenvalue weighted by Crippen LogP contribution is -1.96. The van der Waals surface area contributed by atoms with Crippen molar-refractivity contribution in [1.29, 1.82) is 5.26 Å². The zero-order chi connectivity index (χ0) is 10.4. The van der Waals surface area contributed by atoms with Gasteiger partial charge >= 0.3 is 0 Å². The number of nitriles is 1. The predicted molar refractivity (Wildman–Crippen MR) is 51.7 cm³/mol. The number of phenolic OH excluding ortho intramolecular Hbond substituents is 1. The second-order valence-electron chi connectivity index (χ2n) is 2.73. The van der Waals surface area contributed by atoms with E-state index in [9.17, 15) is 9.90 Å². The van der Waals surface area contributed by atoms with Crippen molar-refractivity contribution in [3.8, 4) is 11.8 Å². The smallest absolute Gasteiger partial charge is 0.211 e. The van der Waals surface area contributed by atoms with E-state index in [1.165, 1.54) is 0 Å². The van der Waals surface area contributed by atoms with Crippen molar-refractivity contribution < 1.29 is 9.90 Å². The molecule has 1 amide bonds. The van der Waals surface area contributed by atoms with E-state index in [1.807, 2.05) is 6.07 Å². The maximum absolute atomic E-state index is 10.2. The van der Waals surface area contributed by atoms with Gasteiger partial charge in [0.2, 0.25) is 6.41 Å². The summed E-state index contributed by atoms with van der Waals surface area (Å²) in [5.41, 5.74) is 1.04. The van der Waals surface area contributed by atoms with Crippen molar-refractivity contribution in [2.75, 3.05) is 5.32 Å². The van der Waals surface area contributed by atoms with Crippen LogP contribution in [0, 0.1) is 11.3 Å². The molecule has 0 fully saturated rings. The van der Waals surface area contributed by atoms with Gasteiger partial charge in [0, 0.05) is 6.42 Å². The van der Waals surface area contributed by atoms with Gasteiger partial charge in [-0.2, -0.15) is 5.26 Å². The third-order valence-electron chi connectivity index (χ3n) is 1.84. The number of aromatic hydroxyl groups is 1. The molecule has 0 saturated heterocycles. The van der Waals surface area contributed by atoms with E-state index in [4.69, 9.17) is 5.26 Å². The Kier molecular flexibility index (Phi) is 3.50. The van der Waals surface area contributed by atoms with Gasteiger partial charge in [0.05, 0.1) is 11.8 Å². The average molecular weight is 190 g/mol. The van der Waals surface area contributed by atoms with Crippen LogP contribution in [0.3, 0.4) is 0 Å². The van der Waals surface area contributed by atoms with Crippen LogP contribution in [0.15, 0.2) is 18.2 Å². The summed E-state index contributed by atoms with van der Waals surface area (Å²) < 4.78 is 0. The Balaban J connectivity index is 2.90. The van der Waals surface area contributed by atoms with Gasteiger partial charge in [0.1, 0.15) is 5.75 Å². The molecule has 0 saturated carbocycles. The number of rotatable bonds is 4. The molecule has 4 heteroatoms. The maximum atomic E-state index is 10.2. The van der Waals surface area contributed by atoms with E-state index in [0.717, 1.165) is 0 Å². The molecule has 0 aromatic heterocycles. The molecule has 1 rings (SSSR count). The second-order valence-corrected chi connectivity index (χ2v) is 2.73. The fourth-order valence-electron chi connectivity index (χ4n) is 1.16. The third kappa shape index (κ3) is 2.23. The summed E-state index contributed by atoms with van der Waals surface area (Å²) in [7, 11) is 0. The number of phenols is 1. The van der Waals surface area contributed by atoms with Crippen molar-refractivity contribution in [3.05, 3.63) is 23.8 Å². The number of carbonyl (C=O) groups excluding carboxylic acids is 1. The molecular formula is C10H10N2O2. The van der Waals surface area contributed by atoms with Crippen molar-refractivity contribution in [2.45, 2.75) is 12.8 Å². The first-order valence-corrected chi connectivity index (χ1v) is 4.17. The number of amides is 1. The molecule has 0 aliphatic rings. The van der Waals surface area contributed by atoms with Crippen LogP contribution < -0.4 is 5.32 Å². The van der Waals surface area contributed by atoms with Gasteiger partial charge in [-0.25, -0.2) is 0 Å². The number of anilines is 1. The van der Waals surface area contributed by atoms with E-state index < -0.39 is 0 Å². The van der Waals surface area contributed by atoms with Crippen LogP contribution in [0.5, 0.6) is 5.75 Å². The Hall–Kier alpha value is -2.02. The first-order valence-electron chi connectivity index (χ1n) is 4.17. The number of aryl methyl sites for hydroxylation is 1. The van der Waals surface area contributed by atoms with Crippen molar-refractivity contribution in [1.82, 2.24) is 0 Å². The second kappa shape index (κ2) is 4.87. The maximum Gasteiger partial charge on any atom is 0.211 e. The van der Waals surface area contributed by atoms with Gasteiger partial charge in [0.25, 0.3) is 0 Å². The summed E-state index contributed by atoms with van der Waals surface area (Å²) in [6, 6.07) is 7.04. The average Bonchev–Trinajstić information content (AvgIpc) is 2.20. The van der Waals surface area contributed by atoms with E-state index in [0.29, 0.717) is 30.5 Å². The zero-order valence-corrected chi connectivity index (χ0v) is 7.53. The molecule has 0 atom stereocenters. The van der Waals surface area contributed by atoms with Crippen LogP contribution in [0.4, 0.5) is 5.69 Å². The molecular weight excluding hydrogens is 180 g/mol. The number of nitrogens with zero attached hydrogens (tertiary/aromatic N) is 1. The molecule has 0 spiro atoms. The van der Waals surface area contributed by atoms with E-state index in [1.54, 1.807) is 18.2 Å². The van der Waals surface area contributed by atoms with Gasteiger partial charge in [-0.1, -0.05) is 12.1 Å². The van der Waals surface area contributed by atoms with Crippen molar-refractivity contribution in [2.24, 2.45) is 0 Å². The molecule has 0 aliphatic heterocycles. The van der Waals surface area contributed by atoms with Gasteiger partial charge in [-0.05, 0) is 18.1 Å². The topological polar surface area (TPSA) is 73.1 Å². The summed E-state index contributed by atoms with van der Waals surface area (Å²) >= 11 is 0. The number of hydrogen-bond donors (Lipinski definition) is 2. The zero-order valence-electron chi connectivity index (χ0n) is 7.53. The third-order valence-corrected chi connectivity index (χ3v) is 1.84. The lowest BCUT2D eigenvalue weighted by atomic mass is 10.1. The monoisotopic (exact) mass is 190 g/mol. The standard InChI is InChI=1S/C10H10N2O2/c11-6-2-4-8-3-1-5-9(10(8)14)12-7-13/h1,3,5,7,14H,2,4H2,(H,12,13). The highest BCUT2D eigenvalue weighted by Gasteiger charge is 2.05. The Morgan fingerprint density at radius 1 is 1.57 bits per heavy atom. The van der Waals surface area contributed by atoms with E-state index in [-0.39, 0.29) is 5.75 Å². The number of benzene rings is 1. The van der Waals surface area contributed by atoms with E-state index in [2.05, 4.69) is 5.32 Å². The van der Waals surface area contributed by atoms with Gasteiger partial charge in [-0.15, -0.1) is 0 Å². The Labute approximate surface area is 81.8 Å². The van der Waals surface area contributed by atoms with Crippen molar-refractivity contribution >= 4 is 12.1 Å². The summed E-state index contributed by atoms with van der Waals surface area (Å²) in [6.07, 6.45) is 1.33. The molecule has 1 aromatic carbocycles. The number of carbonyl (C=O) groups is 1. The molecule has 72 valence electrons. The minimum atomic E-state index is 0.0369. The fraction of sp³-hybridized carbons (Fsp3) is 0.200. The summed E-state index contributed by atoms with van der Waals surface area (Å²) in [4.78, 5) is 10.2. The molecule has 0 bridgehead atoms. The van der Waals surface area contributed by atoms with Gasteiger partial charge < -0.3 is 10.4 Å².